The second-order valence-electron chi connectivity index (χ2n) is 7.30. The zero-order valence-corrected chi connectivity index (χ0v) is 17.5. The minimum atomic E-state index is -0.452. The minimum absolute atomic E-state index is 0.0179. The quantitative estimate of drug-likeness (QED) is 0.262. The predicted molar refractivity (Wildman–Crippen MR) is 110 cm³/mol. The maximum absolute atomic E-state index is 11.5. The number of esters is 1. The van der Waals surface area contributed by atoms with Crippen molar-refractivity contribution in [2.45, 2.75) is 71.0 Å². The molecule has 1 aromatic rings. The second kappa shape index (κ2) is 14.1. The lowest BCUT2D eigenvalue weighted by Crippen LogP contribution is -2.22. The number of carbonyl (C=O) groups excluding carboxylic acids is 2. The normalized spacial score (nSPS) is 16.4. The molecule has 0 aromatic heterocycles. The average molecular weight is 407 g/mol. The third-order valence-electron chi connectivity index (χ3n) is 4.67. The Kier molecular flexibility index (Phi) is 11.4. The lowest BCUT2D eigenvalue weighted by molar-refractivity contribution is -0.162. The molecule has 1 heterocycles. The van der Waals surface area contributed by atoms with Crippen molar-refractivity contribution in [3.8, 4) is 5.75 Å². The summed E-state index contributed by atoms with van der Waals surface area (Å²) in [5.74, 6) is 0.277. The van der Waals surface area contributed by atoms with Crippen LogP contribution in [0.5, 0.6) is 5.75 Å². The van der Waals surface area contributed by atoms with Gasteiger partial charge in [0.1, 0.15) is 18.0 Å². The lowest BCUT2D eigenvalue weighted by atomic mass is 10.1. The van der Waals surface area contributed by atoms with Crippen LogP contribution in [0.4, 0.5) is 0 Å². The molecule has 0 aliphatic carbocycles. The highest BCUT2D eigenvalue weighted by Crippen LogP contribution is 2.16. The summed E-state index contributed by atoms with van der Waals surface area (Å²) in [4.78, 5) is 22.9. The van der Waals surface area contributed by atoms with E-state index in [0.29, 0.717) is 26.1 Å². The van der Waals surface area contributed by atoms with Crippen LogP contribution in [-0.4, -0.2) is 44.5 Å². The van der Waals surface area contributed by atoms with Gasteiger partial charge >= 0.3 is 5.97 Å². The molecule has 2 rings (SSSR count). The largest absolute Gasteiger partial charge is 0.493 e. The number of aryl methyl sites for hydroxylation is 1. The molecule has 0 spiro atoms. The van der Waals surface area contributed by atoms with Gasteiger partial charge in [-0.15, -0.1) is 0 Å². The second-order valence-corrected chi connectivity index (χ2v) is 7.30. The summed E-state index contributed by atoms with van der Waals surface area (Å²) in [6.45, 7) is 4.17. The zero-order valence-electron chi connectivity index (χ0n) is 17.5. The van der Waals surface area contributed by atoms with Crippen LogP contribution in [0, 0.1) is 0 Å². The number of rotatable bonds is 14. The Bertz CT molecular complexity index is 592. The van der Waals surface area contributed by atoms with Gasteiger partial charge in [-0.2, -0.15) is 0 Å². The van der Waals surface area contributed by atoms with Gasteiger partial charge in [-0.05, 0) is 56.2 Å². The number of carbonyl (C=O) groups is 2. The van der Waals surface area contributed by atoms with Crippen LogP contribution in [0.25, 0.3) is 0 Å². The van der Waals surface area contributed by atoms with E-state index in [2.05, 4.69) is 12.1 Å². The lowest BCUT2D eigenvalue weighted by Gasteiger charge is -2.22. The van der Waals surface area contributed by atoms with Gasteiger partial charge in [-0.25, -0.2) is 0 Å². The van der Waals surface area contributed by atoms with E-state index in [-0.39, 0.29) is 25.1 Å². The van der Waals surface area contributed by atoms with Crippen molar-refractivity contribution in [3.63, 3.8) is 0 Å². The van der Waals surface area contributed by atoms with Crippen molar-refractivity contribution in [3.05, 3.63) is 29.8 Å². The van der Waals surface area contributed by atoms with Crippen molar-refractivity contribution in [1.82, 2.24) is 0 Å². The topological polar surface area (TPSA) is 71.1 Å². The predicted octanol–water partition coefficient (Wildman–Crippen LogP) is 4.23. The monoisotopic (exact) mass is 406 g/mol. The van der Waals surface area contributed by atoms with E-state index >= 15 is 0 Å². The highest BCUT2D eigenvalue weighted by Gasteiger charge is 2.13. The average Bonchev–Trinajstić information content (AvgIpc) is 2.73. The minimum Gasteiger partial charge on any atom is -0.493 e. The van der Waals surface area contributed by atoms with Gasteiger partial charge in [0, 0.05) is 19.4 Å². The first-order valence-electron chi connectivity index (χ1n) is 10.8. The molecular weight excluding hydrogens is 372 g/mol. The van der Waals surface area contributed by atoms with Crippen molar-refractivity contribution in [2.75, 3.05) is 26.4 Å². The van der Waals surface area contributed by atoms with Crippen LogP contribution in [-0.2, 0) is 30.2 Å². The fourth-order valence-electron chi connectivity index (χ4n) is 3.10. The maximum Gasteiger partial charge on any atom is 0.313 e. The van der Waals surface area contributed by atoms with Crippen LogP contribution < -0.4 is 4.74 Å². The molecule has 6 heteroatoms. The number of Topliss-reactive ketones (excluding diaryl/α,β-unsaturated/α-hetero) is 1. The van der Waals surface area contributed by atoms with Gasteiger partial charge in [-0.3, -0.25) is 9.59 Å². The maximum atomic E-state index is 11.5. The van der Waals surface area contributed by atoms with Crippen molar-refractivity contribution in [2.24, 2.45) is 0 Å². The van der Waals surface area contributed by atoms with E-state index in [0.717, 1.165) is 44.5 Å². The first-order valence-corrected chi connectivity index (χ1v) is 10.8. The van der Waals surface area contributed by atoms with Crippen LogP contribution in [0.2, 0.25) is 0 Å². The molecule has 0 saturated carbocycles. The Morgan fingerprint density at radius 2 is 1.90 bits per heavy atom. The summed E-state index contributed by atoms with van der Waals surface area (Å²) >= 11 is 0. The molecule has 1 aliphatic rings. The van der Waals surface area contributed by atoms with E-state index in [9.17, 15) is 9.59 Å². The Morgan fingerprint density at radius 3 is 2.62 bits per heavy atom. The van der Waals surface area contributed by atoms with Gasteiger partial charge in [0.15, 0.2) is 6.29 Å². The standard InChI is InChI=1S/C23H34O6/c1-2-7-20(24)18-22(25)27-17-6-16-26-21-12-10-19(11-13-21)8-5-15-29-23-9-3-4-14-28-23/h10-13,23H,2-9,14-18H2,1H3. The van der Waals surface area contributed by atoms with Crippen molar-refractivity contribution in [1.29, 1.82) is 0 Å². The molecule has 1 aliphatic heterocycles. The third kappa shape index (κ3) is 10.4. The van der Waals surface area contributed by atoms with E-state index in [1.54, 1.807) is 0 Å². The van der Waals surface area contributed by atoms with Crippen molar-refractivity contribution < 1.29 is 28.5 Å². The number of hydrogen-bond donors (Lipinski definition) is 0. The van der Waals surface area contributed by atoms with Crippen LogP contribution in [0.3, 0.4) is 0 Å². The molecular formula is C23H34O6. The van der Waals surface area contributed by atoms with Gasteiger partial charge in [0.2, 0.25) is 0 Å². The molecule has 0 amide bonds. The summed E-state index contributed by atoms with van der Waals surface area (Å²) in [7, 11) is 0. The third-order valence-corrected chi connectivity index (χ3v) is 4.67. The molecule has 1 atom stereocenters. The molecule has 1 saturated heterocycles. The summed E-state index contributed by atoms with van der Waals surface area (Å²) in [6.07, 6.45) is 6.87. The van der Waals surface area contributed by atoms with Crippen molar-refractivity contribution >= 4 is 11.8 Å². The molecule has 6 nitrogen and oxygen atoms in total. The first-order chi connectivity index (χ1) is 14.2. The summed E-state index contributed by atoms with van der Waals surface area (Å²) in [5.41, 5.74) is 1.25. The molecule has 1 unspecified atom stereocenters. The Hall–Kier alpha value is -1.92. The molecule has 0 N–H and O–H groups in total. The first kappa shape index (κ1) is 23.4. The Balaban J connectivity index is 1.51. The highest BCUT2D eigenvalue weighted by molar-refractivity contribution is 5.95. The fraction of sp³-hybridized carbons (Fsp3) is 0.652. The van der Waals surface area contributed by atoms with Crippen LogP contribution >= 0.6 is 0 Å². The number of benzene rings is 1. The molecule has 0 radical (unpaired) electrons. The molecule has 1 fully saturated rings. The molecule has 1 aromatic carbocycles. The molecule has 0 bridgehead atoms. The Morgan fingerprint density at radius 1 is 1.07 bits per heavy atom. The van der Waals surface area contributed by atoms with E-state index in [1.165, 1.54) is 12.0 Å². The highest BCUT2D eigenvalue weighted by atomic mass is 16.7. The number of ketones is 1. The van der Waals surface area contributed by atoms with E-state index < -0.39 is 5.97 Å². The van der Waals surface area contributed by atoms with Gasteiger partial charge in [0.25, 0.3) is 0 Å². The van der Waals surface area contributed by atoms with Gasteiger partial charge in [0.05, 0.1) is 19.8 Å². The molecule has 29 heavy (non-hydrogen) atoms. The van der Waals surface area contributed by atoms with Gasteiger partial charge < -0.3 is 18.9 Å². The summed E-state index contributed by atoms with van der Waals surface area (Å²) in [5, 5.41) is 0. The SMILES string of the molecule is CCCC(=O)CC(=O)OCCCOc1ccc(CCCOC2CCCCO2)cc1. The summed E-state index contributed by atoms with van der Waals surface area (Å²) < 4.78 is 22.0. The van der Waals surface area contributed by atoms with E-state index in [1.807, 2.05) is 19.1 Å². The number of ether oxygens (including phenoxy) is 4. The molecule has 162 valence electrons. The van der Waals surface area contributed by atoms with Crippen LogP contribution in [0.15, 0.2) is 24.3 Å². The smallest absolute Gasteiger partial charge is 0.313 e. The van der Waals surface area contributed by atoms with Gasteiger partial charge in [-0.1, -0.05) is 19.1 Å². The zero-order chi connectivity index (χ0) is 20.7. The van der Waals surface area contributed by atoms with Crippen LogP contribution in [0.1, 0.15) is 63.9 Å². The van der Waals surface area contributed by atoms with E-state index in [4.69, 9.17) is 18.9 Å². The fourth-order valence-corrected chi connectivity index (χ4v) is 3.10. The Labute approximate surface area is 173 Å². The summed E-state index contributed by atoms with van der Waals surface area (Å²) in [6, 6.07) is 8.03. The number of hydrogen-bond acceptors (Lipinski definition) is 6.